The van der Waals surface area contributed by atoms with Crippen molar-refractivity contribution in [2.75, 3.05) is 30.4 Å². The Bertz CT molecular complexity index is 1230. The molecule has 1 N–H and O–H groups in total. The minimum absolute atomic E-state index is 0.0628. The number of hydrogen-bond acceptors (Lipinski definition) is 7. The standard InChI is InChI=1S/C22H26F2N6O2S/c1-4-29-18(17(23)24)27-20-16(21(29)32)26-22(33-20)30-10-6-9-15(30)19(31)25-12-13-7-5-8-14(11-13)28(2)3/h5,7-8,11,15,17H,4,6,9-10,12H2,1-3H3,(H,25,31). The molecule has 8 nitrogen and oxygen atoms in total. The third-order valence-corrected chi connectivity index (χ3v) is 6.73. The minimum Gasteiger partial charge on any atom is -0.378 e. The molecule has 1 aromatic carbocycles. The van der Waals surface area contributed by atoms with Gasteiger partial charge in [-0.25, -0.2) is 18.7 Å². The van der Waals surface area contributed by atoms with Gasteiger partial charge in [0, 0.05) is 39.4 Å². The molecule has 2 aromatic heterocycles. The van der Waals surface area contributed by atoms with E-state index in [1.807, 2.05) is 48.2 Å². The third-order valence-electron chi connectivity index (χ3n) is 5.74. The first-order valence-electron chi connectivity index (χ1n) is 10.8. The van der Waals surface area contributed by atoms with Crippen molar-refractivity contribution in [1.29, 1.82) is 0 Å². The average molecular weight is 477 g/mol. The van der Waals surface area contributed by atoms with E-state index in [9.17, 15) is 18.4 Å². The van der Waals surface area contributed by atoms with E-state index < -0.39 is 23.9 Å². The summed E-state index contributed by atoms with van der Waals surface area (Å²) in [5.74, 6) is -0.685. The lowest BCUT2D eigenvalue weighted by atomic mass is 10.1. The Morgan fingerprint density at radius 1 is 1.33 bits per heavy atom. The van der Waals surface area contributed by atoms with E-state index in [0.29, 0.717) is 24.6 Å². The van der Waals surface area contributed by atoms with Crippen molar-refractivity contribution >= 4 is 38.4 Å². The van der Waals surface area contributed by atoms with Gasteiger partial charge in [0.1, 0.15) is 6.04 Å². The minimum atomic E-state index is -2.86. The Morgan fingerprint density at radius 3 is 2.82 bits per heavy atom. The molecule has 0 aliphatic carbocycles. The van der Waals surface area contributed by atoms with Gasteiger partial charge in [-0.2, -0.15) is 0 Å². The van der Waals surface area contributed by atoms with Crippen molar-refractivity contribution in [3.8, 4) is 0 Å². The van der Waals surface area contributed by atoms with Crippen LogP contribution in [0.15, 0.2) is 29.1 Å². The van der Waals surface area contributed by atoms with E-state index in [2.05, 4.69) is 15.3 Å². The predicted molar refractivity (Wildman–Crippen MR) is 125 cm³/mol. The van der Waals surface area contributed by atoms with Crippen LogP contribution in [0.25, 0.3) is 10.3 Å². The molecular weight excluding hydrogens is 450 g/mol. The van der Waals surface area contributed by atoms with E-state index in [1.54, 1.807) is 6.92 Å². The number of benzene rings is 1. The van der Waals surface area contributed by atoms with Crippen LogP contribution in [0.3, 0.4) is 0 Å². The number of rotatable bonds is 7. The van der Waals surface area contributed by atoms with E-state index in [1.165, 1.54) is 0 Å². The van der Waals surface area contributed by atoms with Crippen LogP contribution in [0.5, 0.6) is 0 Å². The lowest BCUT2D eigenvalue weighted by molar-refractivity contribution is -0.122. The normalized spacial score (nSPS) is 16.1. The monoisotopic (exact) mass is 476 g/mol. The number of aromatic nitrogens is 3. The number of carbonyl (C=O) groups excluding carboxylic acids is 1. The molecule has 176 valence electrons. The first-order chi connectivity index (χ1) is 15.8. The molecular formula is C22H26F2N6O2S. The van der Waals surface area contributed by atoms with Gasteiger partial charge in [-0.15, -0.1) is 0 Å². The van der Waals surface area contributed by atoms with Crippen LogP contribution in [0.2, 0.25) is 0 Å². The number of thiazole rings is 1. The molecule has 4 rings (SSSR count). The number of carbonyl (C=O) groups is 1. The number of hydrogen-bond donors (Lipinski definition) is 1. The molecule has 1 atom stereocenters. The van der Waals surface area contributed by atoms with Gasteiger partial charge in [0.2, 0.25) is 5.91 Å². The fourth-order valence-electron chi connectivity index (χ4n) is 4.03. The molecule has 1 aliphatic heterocycles. The Kier molecular flexibility index (Phi) is 6.59. The summed E-state index contributed by atoms with van der Waals surface area (Å²) in [6.45, 7) is 2.68. The maximum atomic E-state index is 13.4. The Labute approximate surface area is 193 Å². The number of anilines is 2. The highest BCUT2D eigenvalue weighted by molar-refractivity contribution is 7.21. The zero-order valence-electron chi connectivity index (χ0n) is 18.7. The maximum absolute atomic E-state index is 13.4. The fraction of sp³-hybridized carbons (Fsp3) is 0.455. The van der Waals surface area contributed by atoms with Gasteiger partial charge in [-0.05, 0) is 37.5 Å². The van der Waals surface area contributed by atoms with Crippen molar-refractivity contribution in [3.63, 3.8) is 0 Å². The molecule has 0 spiro atoms. The van der Waals surface area contributed by atoms with Crippen LogP contribution in [0.4, 0.5) is 19.6 Å². The molecule has 1 amide bonds. The summed E-state index contributed by atoms with van der Waals surface area (Å²) >= 11 is 1.07. The Hall–Kier alpha value is -3.08. The van der Waals surface area contributed by atoms with Gasteiger partial charge < -0.3 is 15.1 Å². The van der Waals surface area contributed by atoms with Crippen LogP contribution in [-0.4, -0.2) is 47.1 Å². The summed E-state index contributed by atoms with van der Waals surface area (Å²) in [6.07, 6.45) is -1.42. The second-order valence-corrected chi connectivity index (χ2v) is 9.06. The number of fused-ring (bicyclic) bond motifs is 1. The summed E-state index contributed by atoms with van der Waals surface area (Å²) in [5, 5.41) is 3.45. The average Bonchev–Trinajstić information content (AvgIpc) is 3.44. The molecule has 33 heavy (non-hydrogen) atoms. The topological polar surface area (TPSA) is 83.4 Å². The molecule has 1 unspecified atom stereocenters. The molecule has 11 heteroatoms. The highest BCUT2D eigenvalue weighted by Gasteiger charge is 2.33. The molecule has 0 bridgehead atoms. The summed E-state index contributed by atoms with van der Waals surface area (Å²) in [4.78, 5) is 38.1. The molecule has 3 heterocycles. The smallest absolute Gasteiger partial charge is 0.295 e. The predicted octanol–water partition coefficient (Wildman–Crippen LogP) is 3.16. The van der Waals surface area contributed by atoms with Crippen molar-refractivity contribution < 1.29 is 13.6 Å². The van der Waals surface area contributed by atoms with Crippen LogP contribution in [-0.2, 0) is 17.9 Å². The van der Waals surface area contributed by atoms with Crippen LogP contribution in [0, 0.1) is 0 Å². The molecule has 0 radical (unpaired) electrons. The fourth-order valence-corrected chi connectivity index (χ4v) is 5.04. The van der Waals surface area contributed by atoms with E-state index in [4.69, 9.17) is 0 Å². The summed E-state index contributed by atoms with van der Waals surface area (Å²) in [6, 6.07) is 7.48. The zero-order valence-corrected chi connectivity index (χ0v) is 19.5. The summed E-state index contributed by atoms with van der Waals surface area (Å²) < 4.78 is 27.7. The van der Waals surface area contributed by atoms with Crippen molar-refractivity contribution in [2.45, 2.75) is 45.3 Å². The van der Waals surface area contributed by atoms with Gasteiger partial charge in [-0.1, -0.05) is 23.5 Å². The second kappa shape index (κ2) is 9.42. The summed E-state index contributed by atoms with van der Waals surface area (Å²) in [5.41, 5.74) is 1.52. The molecule has 1 saturated heterocycles. The first kappa shape index (κ1) is 23.1. The Balaban J connectivity index is 1.55. The first-order valence-corrected chi connectivity index (χ1v) is 11.6. The van der Waals surface area contributed by atoms with Gasteiger partial charge in [0.05, 0.1) is 0 Å². The zero-order chi connectivity index (χ0) is 23.7. The van der Waals surface area contributed by atoms with Crippen molar-refractivity contribution in [2.24, 2.45) is 0 Å². The molecule has 1 aliphatic rings. The molecule has 0 saturated carbocycles. The van der Waals surface area contributed by atoms with Crippen LogP contribution < -0.4 is 20.7 Å². The largest absolute Gasteiger partial charge is 0.378 e. The summed E-state index contributed by atoms with van der Waals surface area (Å²) in [7, 11) is 3.92. The number of nitrogens with zero attached hydrogens (tertiary/aromatic N) is 5. The highest BCUT2D eigenvalue weighted by Crippen LogP contribution is 2.32. The van der Waals surface area contributed by atoms with Gasteiger partial charge in [0.15, 0.2) is 21.3 Å². The van der Waals surface area contributed by atoms with Gasteiger partial charge >= 0.3 is 0 Å². The van der Waals surface area contributed by atoms with Gasteiger partial charge in [0.25, 0.3) is 12.0 Å². The quantitative estimate of drug-likeness (QED) is 0.564. The third kappa shape index (κ3) is 4.54. The Morgan fingerprint density at radius 2 is 2.12 bits per heavy atom. The molecule has 3 aromatic rings. The van der Waals surface area contributed by atoms with Gasteiger partial charge in [-0.3, -0.25) is 14.2 Å². The van der Waals surface area contributed by atoms with Crippen LogP contribution in [0.1, 0.15) is 37.6 Å². The maximum Gasteiger partial charge on any atom is 0.295 e. The van der Waals surface area contributed by atoms with E-state index >= 15 is 0 Å². The molecule has 1 fully saturated rings. The number of halogens is 2. The van der Waals surface area contributed by atoms with E-state index in [0.717, 1.165) is 33.6 Å². The number of nitrogens with one attached hydrogen (secondary N) is 1. The second-order valence-electron chi connectivity index (χ2n) is 8.10. The lowest BCUT2D eigenvalue weighted by Gasteiger charge is -2.23. The number of amides is 1. The highest BCUT2D eigenvalue weighted by atomic mass is 32.1. The van der Waals surface area contributed by atoms with Crippen LogP contribution >= 0.6 is 11.3 Å². The lowest BCUT2D eigenvalue weighted by Crippen LogP contribution is -2.43. The van der Waals surface area contributed by atoms with E-state index in [-0.39, 0.29) is 22.8 Å². The number of alkyl halides is 2. The van der Waals surface area contributed by atoms with Crippen molar-refractivity contribution in [1.82, 2.24) is 19.9 Å². The van der Waals surface area contributed by atoms with Crippen molar-refractivity contribution in [3.05, 3.63) is 46.0 Å². The SMILES string of the molecule is CCn1c(C(F)F)nc2sc(N3CCCC3C(=O)NCc3cccc(N(C)C)c3)nc2c1=O.